The highest BCUT2D eigenvalue weighted by molar-refractivity contribution is 5.44. The summed E-state index contributed by atoms with van der Waals surface area (Å²) in [5, 5.41) is 7.78. The number of hydrogen-bond acceptors (Lipinski definition) is 3. The Hall–Kier alpha value is -1.58. The molecule has 3 rings (SSSR count). The minimum absolute atomic E-state index is 0.452. The van der Waals surface area contributed by atoms with Crippen molar-refractivity contribution < 1.29 is 0 Å². The molecule has 1 fully saturated rings. The second-order valence-corrected chi connectivity index (χ2v) is 5.46. The second kappa shape index (κ2) is 3.72. The van der Waals surface area contributed by atoms with Crippen LogP contribution in [0.4, 0.5) is 5.95 Å². The molecule has 0 aliphatic heterocycles. The Morgan fingerprint density at radius 1 is 1.41 bits per heavy atom. The van der Waals surface area contributed by atoms with Gasteiger partial charge in [-0.25, -0.2) is 4.52 Å². The van der Waals surface area contributed by atoms with E-state index in [0.29, 0.717) is 5.41 Å². The van der Waals surface area contributed by atoms with Gasteiger partial charge in [0.2, 0.25) is 5.95 Å². The van der Waals surface area contributed by atoms with E-state index in [1.54, 1.807) is 0 Å². The first-order chi connectivity index (χ1) is 8.15. The average Bonchev–Trinajstić information content (AvgIpc) is 2.65. The Bertz CT molecular complexity index is 539. The Labute approximate surface area is 101 Å². The van der Waals surface area contributed by atoms with Gasteiger partial charge >= 0.3 is 0 Å². The van der Waals surface area contributed by atoms with E-state index < -0.39 is 0 Å². The minimum atomic E-state index is 0.452. The molecule has 4 heteroatoms. The molecule has 0 spiro atoms. The molecule has 0 atom stereocenters. The summed E-state index contributed by atoms with van der Waals surface area (Å²) in [7, 11) is 0. The van der Waals surface area contributed by atoms with Crippen LogP contribution in [0.3, 0.4) is 0 Å². The summed E-state index contributed by atoms with van der Waals surface area (Å²) in [6, 6.07) is 4.06. The van der Waals surface area contributed by atoms with Crippen LogP contribution < -0.4 is 5.32 Å². The molecule has 1 N–H and O–H groups in total. The van der Waals surface area contributed by atoms with Crippen molar-refractivity contribution in [3.63, 3.8) is 0 Å². The van der Waals surface area contributed by atoms with E-state index in [2.05, 4.69) is 35.3 Å². The zero-order valence-corrected chi connectivity index (χ0v) is 10.4. The first-order valence-electron chi connectivity index (χ1n) is 6.22. The summed E-state index contributed by atoms with van der Waals surface area (Å²) < 4.78 is 1.83. The Kier molecular flexibility index (Phi) is 2.31. The molecule has 0 aromatic carbocycles. The summed E-state index contributed by atoms with van der Waals surface area (Å²) in [6.07, 6.45) is 5.98. The first kappa shape index (κ1) is 10.6. The monoisotopic (exact) mass is 230 g/mol. The number of anilines is 1. The fourth-order valence-corrected chi connectivity index (χ4v) is 2.31. The van der Waals surface area contributed by atoms with Gasteiger partial charge < -0.3 is 5.32 Å². The van der Waals surface area contributed by atoms with Crippen LogP contribution in [0.5, 0.6) is 0 Å². The Morgan fingerprint density at radius 2 is 2.24 bits per heavy atom. The molecule has 0 radical (unpaired) electrons. The van der Waals surface area contributed by atoms with Crippen molar-refractivity contribution in [1.29, 1.82) is 0 Å². The molecule has 2 heterocycles. The quantitative estimate of drug-likeness (QED) is 0.881. The average molecular weight is 230 g/mol. The van der Waals surface area contributed by atoms with Crippen LogP contribution in [0.1, 0.15) is 31.7 Å². The topological polar surface area (TPSA) is 42.2 Å². The molecule has 2 aromatic heterocycles. The maximum atomic E-state index is 4.46. The molecule has 2 aromatic rings. The van der Waals surface area contributed by atoms with Crippen molar-refractivity contribution in [3.05, 3.63) is 23.9 Å². The Morgan fingerprint density at radius 3 is 2.94 bits per heavy atom. The smallest absolute Gasteiger partial charge is 0.243 e. The summed E-state index contributed by atoms with van der Waals surface area (Å²) >= 11 is 0. The predicted molar refractivity (Wildman–Crippen MR) is 68.2 cm³/mol. The van der Waals surface area contributed by atoms with Gasteiger partial charge in [0.25, 0.3) is 0 Å². The molecule has 4 nitrogen and oxygen atoms in total. The molecule has 0 amide bonds. The van der Waals surface area contributed by atoms with E-state index in [1.807, 2.05) is 16.8 Å². The van der Waals surface area contributed by atoms with Crippen molar-refractivity contribution >= 4 is 11.6 Å². The number of nitrogens with zero attached hydrogens (tertiary/aromatic N) is 3. The molecule has 17 heavy (non-hydrogen) atoms. The van der Waals surface area contributed by atoms with Gasteiger partial charge in [-0.1, -0.05) is 19.4 Å². The summed E-state index contributed by atoms with van der Waals surface area (Å²) in [6.45, 7) is 5.36. The van der Waals surface area contributed by atoms with Crippen molar-refractivity contribution in [3.8, 4) is 0 Å². The lowest BCUT2D eigenvalue weighted by Gasteiger charge is -2.38. The molecular weight excluding hydrogens is 212 g/mol. The van der Waals surface area contributed by atoms with Crippen LogP contribution in [-0.4, -0.2) is 21.1 Å². The number of hydrogen-bond donors (Lipinski definition) is 1. The number of fused-ring (bicyclic) bond motifs is 1. The van der Waals surface area contributed by atoms with Crippen molar-refractivity contribution in [1.82, 2.24) is 14.6 Å². The van der Waals surface area contributed by atoms with Gasteiger partial charge in [0, 0.05) is 12.7 Å². The van der Waals surface area contributed by atoms with Crippen molar-refractivity contribution in [2.45, 2.75) is 33.1 Å². The zero-order valence-electron chi connectivity index (χ0n) is 10.4. The fraction of sp³-hybridized carbons (Fsp3) is 0.538. The van der Waals surface area contributed by atoms with Gasteiger partial charge in [0.05, 0.1) is 0 Å². The molecule has 1 saturated carbocycles. The van der Waals surface area contributed by atoms with Crippen LogP contribution in [0.2, 0.25) is 0 Å². The Balaban J connectivity index is 1.76. The van der Waals surface area contributed by atoms with Crippen LogP contribution in [0.25, 0.3) is 5.65 Å². The largest absolute Gasteiger partial charge is 0.352 e. The van der Waals surface area contributed by atoms with E-state index in [1.165, 1.54) is 24.8 Å². The third kappa shape index (κ3) is 1.99. The third-order valence-corrected chi connectivity index (χ3v) is 3.71. The van der Waals surface area contributed by atoms with E-state index in [9.17, 15) is 0 Å². The summed E-state index contributed by atoms with van der Waals surface area (Å²) in [4.78, 5) is 4.46. The molecule has 0 bridgehead atoms. The number of aryl methyl sites for hydroxylation is 1. The molecule has 1 aliphatic carbocycles. The van der Waals surface area contributed by atoms with Gasteiger partial charge in [-0.15, -0.1) is 5.10 Å². The van der Waals surface area contributed by atoms with E-state index in [4.69, 9.17) is 0 Å². The zero-order chi connectivity index (χ0) is 11.9. The number of pyridine rings is 1. The van der Waals surface area contributed by atoms with Gasteiger partial charge in [-0.05, 0) is 36.8 Å². The molecular formula is C13H18N4. The van der Waals surface area contributed by atoms with Gasteiger partial charge in [-0.2, -0.15) is 4.98 Å². The lowest BCUT2D eigenvalue weighted by atomic mass is 9.70. The van der Waals surface area contributed by atoms with Crippen LogP contribution in [-0.2, 0) is 0 Å². The maximum absolute atomic E-state index is 4.46. The van der Waals surface area contributed by atoms with Crippen LogP contribution in [0, 0.1) is 12.3 Å². The highest BCUT2D eigenvalue weighted by Crippen LogP contribution is 2.39. The maximum Gasteiger partial charge on any atom is 0.243 e. The van der Waals surface area contributed by atoms with Gasteiger partial charge in [0.15, 0.2) is 5.65 Å². The van der Waals surface area contributed by atoms with Gasteiger partial charge in [-0.3, -0.25) is 0 Å². The number of aromatic nitrogens is 3. The van der Waals surface area contributed by atoms with E-state index >= 15 is 0 Å². The van der Waals surface area contributed by atoms with Crippen molar-refractivity contribution in [2.24, 2.45) is 5.41 Å². The second-order valence-electron chi connectivity index (χ2n) is 5.46. The lowest BCUT2D eigenvalue weighted by Crippen LogP contribution is -2.33. The van der Waals surface area contributed by atoms with Crippen molar-refractivity contribution in [2.75, 3.05) is 11.9 Å². The lowest BCUT2D eigenvalue weighted by molar-refractivity contribution is 0.179. The van der Waals surface area contributed by atoms with E-state index in [0.717, 1.165) is 18.1 Å². The third-order valence-electron chi connectivity index (χ3n) is 3.71. The predicted octanol–water partition coefficient (Wildman–Crippen LogP) is 2.64. The normalized spacial score (nSPS) is 18.0. The standard InChI is InChI=1S/C13H18N4/c1-10-4-5-11-15-12(16-17(11)8-10)14-9-13(2)6-3-7-13/h4-5,8H,3,6-7,9H2,1-2H3,(H,14,16). The molecule has 0 saturated heterocycles. The van der Waals surface area contributed by atoms with E-state index in [-0.39, 0.29) is 0 Å². The number of rotatable bonds is 3. The highest BCUT2D eigenvalue weighted by atomic mass is 15.3. The summed E-state index contributed by atoms with van der Waals surface area (Å²) in [5.74, 6) is 0.740. The minimum Gasteiger partial charge on any atom is -0.352 e. The highest BCUT2D eigenvalue weighted by Gasteiger charge is 2.31. The van der Waals surface area contributed by atoms with Crippen LogP contribution >= 0.6 is 0 Å². The SMILES string of the molecule is Cc1ccc2nc(NCC3(C)CCC3)nn2c1. The van der Waals surface area contributed by atoms with Gasteiger partial charge in [0.1, 0.15) is 0 Å². The summed E-state index contributed by atoms with van der Waals surface area (Å²) in [5.41, 5.74) is 2.55. The molecule has 1 aliphatic rings. The molecule has 90 valence electrons. The van der Waals surface area contributed by atoms with Crippen LogP contribution in [0.15, 0.2) is 18.3 Å². The first-order valence-corrected chi connectivity index (χ1v) is 6.22. The number of nitrogens with one attached hydrogen (secondary N) is 1. The fourth-order valence-electron chi connectivity index (χ4n) is 2.31. The molecule has 0 unspecified atom stereocenters.